The van der Waals surface area contributed by atoms with Crippen LogP contribution in [0.15, 0.2) is 12.1 Å². The molecule has 2 N–H and O–H groups in total. The van der Waals surface area contributed by atoms with Gasteiger partial charge in [0.05, 0.1) is 0 Å². The van der Waals surface area contributed by atoms with E-state index >= 15 is 0 Å². The Morgan fingerprint density at radius 3 is 2.85 bits per heavy atom. The van der Waals surface area contributed by atoms with Gasteiger partial charge in [-0.3, -0.25) is 0 Å². The standard InChI is InChI=1S/C7H9AsN3O2/c1-2-8-6-4-3-5(11(12)13)7(9)10-6/h3-4H,2H2,1H3,(H2,9,10). The molecule has 6 heteroatoms. The van der Waals surface area contributed by atoms with Gasteiger partial charge in [0.25, 0.3) is 0 Å². The number of aromatic nitrogens is 1. The number of nitrogens with two attached hydrogens (primary N) is 1. The molecule has 0 unspecified atom stereocenters. The van der Waals surface area contributed by atoms with Crippen molar-refractivity contribution in [2.45, 2.75) is 12.1 Å². The number of hydrogen-bond donors (Lipinski definition) is 1. The first-order valence-electron chi connectivity index (χ1n) is 3.73. The summed E-state index contributed by atoms with van der Waals surface area (Å²) in [4.78, 5) is 13.8. The van der Waals surface area contributed by atoms with Gasteiger partial charge in [-0.05, 0) is 0 Å². The van der Waals surface area contributed by atoms with Crippen molar-refractivity contribution in [3.05, 3.63) is 22.2 Å². The molecule has 1 heterocycles. The van der Waals surface area contributed by atoms with E-state index in [9.17, 15) is 10.1 Å². The Labute approximate surface area is 82.2 Å². The fourth-order valence-electron chi connectivity index (χ4n) is 0.861. The summed E-state index contributed by atoms with van der Waals surface area (Å²) in [6.45, 7) is 2.05. The molecule has 0 bridgehead atoms. The van der Waals surface area contributed by atoms with Crippen LogP contribution in [0.3, 0.4) is 0 Å². The maximum absolute atomic E-state index is 10.4. The van der Waals surface area contributed by atoms with Crippen LogP contribution in [0.5, 0.6) is 0 Å². The quantitative estimate of drug-likeness (QED) is 0.470. The fourth-order valence-corrected chi connectivity index (χ4v) is 2.29. The molecular weight excluding hydrogens is 233 g/mol. The molecule has 0 saturated carbocycles. The van der Waals surface area contributed by atoms with Crippen molar-refractivity contribution in [3.8, 4) is 0 Å². The minimum atomic E-state index is -0.519. The topological polar surface area (TPSA) is 82.0 Å². The second-order valence-electron chi connectivity index (χ2n) is 2.31. The second kappa shape index (κ2) is 4.23. The van der Waals surface area contributed by atoms with E-state index in [1.807, 2.05) is 0 Å². The molecule has 0 aromatic carbocycles. The van der Waals surface area contributed by atoms with Crippen molar-refractivity contribution in [3.63, 3.8) is 0 Å². The normalized spacial score (nSPS) is 10.8. The van der Waals surface area contributed by atoms with E-state index in [2.05, 4.69) is 11.9 Å². The molecule has 13 heavy (non-hydrogen) atoms. The number of pyridine rings is 1. The predicted molar refractivity (Wildman–Crippen MR) is 51.2 cm³/mol. The Balaban J connectivity index is 2.98. The van der Waals surface area contributed by atoms with Gasteiger partial charge in [-0.25, -0.2) is 0 Å². The molecule has 1 rings (SSSR count). The van der Waals surface area contributed by atoms with Crippen molar-refractivity contribution >= 4 is 31.7 Å². The van der Waals surface area contributed by atoms with E-state index in [0.717, 1.165) is 9.69 Å². The fraction of sp³-hybridized carbons (Fsp3) is 0.286. The molecule has 0 aliphatic rings. The van der Waals surface area contributed by atoms with Gasteiger partial charge in [0.15, 0.2) is 0 Å². The molecule has 1 aromatic heterocycles. The average molecular weight is 242 g/mol. The molecule has 0 amide bonds. The van der Waals surface area contributed by atoms with Crippen molar-refractivity contribution in [1.29, 1.82) is 0 Å². The van der Waals surface area contributed by atoms with Gasteiger partial charge in [0.1, 0.15) is 0 Å². The van der Waals surface area contributed by atoms with Crippen LogP contribution in [-0.4, -0.2) is 25.7 Å². The molecule has 0 spiro atoms. The van der Waals surface area contributed by atoms with E-state index in [1.165, 1.54) is 6.07 Å². The third kappa shape index (κ3) is 2.42. The summed E-state index contributed by atoms with van der Waals surface area (Å²) in [5, 5.41) is 11.4. The maximum atomic E-state index is 10.4. The Kier molecular flexibility index (Phi) is 3.25. The summed E-state index contributed by atoms with van der Waals surface area (Å²) < 4.78 is 0.891. The Morgan fingerprint density at radius 2 is 2.38 bits per heavy atom. The average Bonchev–Trinajstić information content (AvgIpc) is 2.04. The van der Waals surface area contributed by atoms with Gasteiger partial charge < -0.3 is 0 Å². The molecule has 69 valence electrons. The SMILES string of the molecule is CC[As]c1ccc([N+](=O)[O-])c(N)n1. The van der Waals surface area contributed by atoms with E-state index < -0.39 is 4.92 Å². The number of nitro groups is 1. The van der Waals surface area contributed by atoms with Gasteiger partial charge in [-0.2, -0.15) is 0 Å². The van der Waals surface area contributed by atoms with Crippen LogP contribution >= 0.6 is 0 Å². The van der Waals surface area contributed by atoms with Crippen LogP contribution in [0, 0.1) is 10.1 Å². The minimum absolute atomic E-state index is 0.00375. The van der Waals surface area contributed by atoms with Gasteiger partial charge in [-0.1, -0.05) is 0 Å². The van der Waals surface area contributed by atoms with Crippen LogP contribution in [0.4, 0.5) is 11.5 Å². The first-order valence-corrected chi connectivity index (χ1v) is 6.00. The summed E-state index contributed by atoms with van der Waals surface area (Å²) in [6, 6.07) is 3.10. The molecule has 0 fully saturated rings. The number of nitrogen functional groups attached to an aromatic ring is 1. The van der Waals surface area contributed by atoms with Crippen LogP contribution in [0.25, 0.3) is 0 Å². The Hall–Kier alpha value is -1.09. The number of anilines is 1. The molecule has 0 aliphatic heterocycles. The molecule has 5 nitrogen and oxygen atoms in total. The summed E-state index contributed by atoms with van der Waals surface area (Å²) >= 11 is 0.00375. The first kappa shape index (κ1) is 9.99. The van der Waals surface area contributed by atoms with Crippen molar-refractivity contribution in [2.24, 2.45) is 0 Å². The van der Waals surface area contributed by atoms with Gasteiger partial charge in [0, 0.05) is 0 Å². The van der Waals surface area contributed by atoms with Gasteiger partial charge in [-0.15, -0.1) is 0 Å². The van der Waals surface area contributed by atoms with Crippen LogP contribution in [0.2, 0.25) is 5.21 Å². The molecule has 0 aliphatic carbocycles. The zero-order valence-corrected chi connectivity index (χ0v) is 8.97. The van der Waals surface area contributed by atoms with Gasteiger partial charge in [0.2, 0.25) is 0 Å². The zero-order chi connectivity index (χ0) is 9.84. The van der Waals surface area contributed by atoms with E-state index in [0.29, 0.717) is 0 Å². The Bertz CT molecular complexity index is 330. The van der Waals surface area contributed by atoms with E-state index in [-0.39, 0.29) is 27.3 Å². The summed E-state index contributed by atoms with van der Waals surface area (Å²) in [7, 11) is 0. The molecule has 0 saturated heterocycles. The third-order valence-corrected chi connectivity index (χ3v) is 3.27. The zero-order valence-electron chi connectivity index (χ0n) is 7.10. The van der Waals surface area contributed by atoms with E-state index in [4.69, 9.17) is 5.73 Å². The third-order valence-electron chi connectivity index (χ3n) is 1.40. The summed E-state index contributed by atoms with van der Waals surface area (Å²) in [5.74, 6) is 0.0197. The Morgan fingerprint density at radius 1 is 1.69 bits per heavy atom. The second-order valence-corrected chi connectivity index (χ2v) is 5.26. The number of nitrogens with zero attached hydrogens (tertiary/aromatic N) is 2. The van der Waals surface area contributed by atoms with E-state index in [1.54, 1.807) is 6.07 Å². The molecular formula is C7H9AsN3O2. The number of rotatable bonds is 3. The first-order chi connectivity index (χ1) is 6.15. The van der Waals surface area contributed by atoms with Crippen LogP contribution in [-0.2, 0) is 0 Å². The molecule has 1 aromatic rings. The van der Waals surface area contributed by atoms with Crippen molar-refractivity contribution < 1.29 is 4.92 Å². The van der Waals surface area contributed by atoms with Crippen molar-refractivity contribution in [2.75, 3.05) is 5.73 Å². The number of hydrogen-bond acceptors (Lipinski definition) is 4. The van der Waals surface area contributed by atoms with Gasteiger partial charge >= 0.3 is 81.8 Å². The molecule has 1 radical (unpaired) electrons. The predicted octanol–water partition coefficient (Wildman–Crippen LogP) is 0.340. The summed E-state index contributed by atoms with van der Waals surface area (Å²) in [5.41, 5.74) is 5.30. The summed E-state index contributed by atoms with van der Waals surface area (Å²) in [6.07, 6.45) is 0. The van der Waals surface area contributed by atoms with Crippen LogP contribution in [0.1, 0.15) is 6.92 Å². The monoisotopic (exact) mass is 242 g/mol. The van der Waals surface area contributed by atoms with Crippen molar-refractivity contribution in [1.82, 2.24) is 4.98 Å². The van der Waals surface area contributed by atoms with Crippen LogP contribution < -0.4 is 10.2 Å². The molecule has 0 atom stereocenters.